The number of benzene rings is 1. The number of hydrogen-bond acceptors (Lipinski definition) is 2. The highest BCUT2D eigenvalue weighted by molar-refractivity contribution is 9.10. The second-order valence-electron chi connectivity index (χ2n) is 6.34. The zero-order chi connectivity index (χ0) is 14.8. The molecule has 2 fully saturated rings. The Morgan fingerprint density at radius 2 is 2.05 bits per heavy atom. The topological polar surface area (TPSA) is 32.3 Å². The van der Waals surface area contributed by atoms with Crippen LogP contribution in [0.5, 0.6) is 0 Å². The van der Waals surface area contributed by atoms with Gasteiger partial charge >= 0.3 is 0 Å². The predicted molar refractivity (Wildman–Crippen MR) is 88.3 cm³/mol. The third-order valence-corrected chi connectivity index (χ3v) is 5.23. The van der Waals surface area contributed by atoms with Crippen molar-refractivity contribution in [1.29, 1.82) is 0 Å². The summed E-state index contributed by atoms with van der Waals surface area (Å²) in [6, 6.07) is 9.01. The van der Waals surface area contributed by atoms with E-state index in [0.717, 1.165) is 43.2 Å². The monoisotopic (exact) mass is 350 g/mol. The van der Waals surface area contributed by atoms with Gasteiger partial charge in [0.2, 0.25) is 5.91 Å². The Labute approximate surface area is 135 Å². The summed E-state index contributed by atoms with van der Waals surface area (Å²) >= 11 is 3.53. The van der Waals surface area contributed by atoms with E-state index in [1.54, 1.807) is 0 Å². The van der Waals surface area contributed by atoms with Crippen LogP contribution in [-0.4, -0.2) is 36.0 Å². The van der Waals surface area contributed by atoms with Crippen LogP contribution in [0.3, 0.4) is 0 Å². The lowest BCUT2D eigenvalue weighted by Gasteiger charge is -2.38. The van der Waals surface area contributed by atoms with E-state index < -0.39 is 0 Å². The third kappa shape index (κ3) is 3.49. The number of hydrogen-bond donors (Lipinski definition) is 1. The highest BCUT2D eigenvalue weighted by atomic mass is 79.9. The maximum absolute atomic E-state index is 12.3. The Morgan fingerprint density at radius 1 is 1.33 bits per heavy atom. The van der Waals surface area contributed by atoms with Crippen LogP contribution in [0.1, 0.15) is 44.1 Å². The van der Waals surface area contributed by atoms with E-state index >= 15 is 0 Å². The van der Waals surface area contributed by atoms with E-state index in [1.165, 1.54) is 5.56 Å². The van der Waals surface area contributed by atoms with Crippen LogP contribution >= 0.6 is 15.9 Å². The van der Waals surface area contributed by atoms with Gasteiger partial charge in [-0.2, -0.15) is 0 Å². The maximum Gasteiger partial charge on any atom is 0.239 e. The van der Waals surface area contributed by atoms with Crippen LogP contribution < -0.4 is 5.32 Å². The number of nitrogens with zero attached hydrogens (tertiary/aromatic N) is 1. The van der Waals surface area contributed by atoms with Crippen molar-refractivity contribution >= 4 is 21.8 Å². The van der Waals surface area contributed by atoms with Crippen LogP contribution in [-0.2, 0) is 4.79 Å². The van der Waals surface area contributed by atoms with Crippen molar-refractivity contribution in [2.45, 2.75) is 50.6 Å². The van der Waals surface area contributed by atoms with Crippen molar-refractivity contribution in [3.8, 4) is 0 Å². The van der Waals surface area contributed by atoms with Gasteiger partial charge in [0.05, 0.1) is 6.04 Å². The summed E-state index contributed by atoms with van der Waals surface area (Å²) in [6.45, 7) is 3.89. The van der Waals surface area contributed by atoms with Gasteiger partial charge in [-0.15, -0.1) is 0 Å². The number of carbonyl (C=O) groups excluding carboxylic acids is 1. The van der Waals surface area contributed by atoms with Gasteiger partial charge in [0.15, 0.2) is 0 Å². The lowest BCUT2D eigenvalue weighted by Crippen LogP contribution is -2.51. The van der Waals surface area contributed by atoms with E-state index in [4.69, 9.17) is 0 Å². The second kappa shape index (κ2) is 6.49. The lowest BCUT2D eigenvalue weighted by molar-refractivity contribution is -0.132. The van der Waals surface area contributed by atoms with Crippen molar-refractivity contribution in [2.24, 2.45) is 0 Å². The molecule has 1 aromatic rings. The average Bonchev–Trinajstić information content (AvgIpc) is 2.95. The van der Waals surface area contributed by atoms with Crippen LogP contribution in [0.25, 0.3) is 0 Å². The molecule has 1 aliphatic heterocycles. The molecule has 0 spiro atoms. The summed E-state index contributed by atoms with van der Waals surface area (Å²) in [5.74, 6) is 0.910. The number of rotatable bonds is 4. The summed E-state index contributed by atoms with van der Waals surface area (Å²) in [5.41, 5.74) is 1.40. The molecule has 1 saturated carbocycles. The summed E-state index contributed by atoms with van der Waals surface area (Å²) in [4.78, 5) is 14.3. The van der Waals surface area contributed by atoms with Gasteiger partial charge in [-0.05, 0) is 56.2 Å². The molecule has 1 amide bonds. The molecule has 1 heterocycles. The first kappa shape index (κ1) is 15.0. The van der Waals surface area contributed by atoms with Crippen LogP contribution in [0, 0.1) is 0 Å². The van der Waals surface area contributed by atoms with Gasteiger partial charge in [-0.3, -0.25) is 4.79 Å². The largest absolute Gasteiger partial charge is 0.341 e. The fourth-order valence-electron chi connectivity index (χ4n) is 3.42. The minimum Gasteiger partial charge on any atom is -0.341 e. The fourth-order valence-corrected chi connectivity index (χ4v) is 3.84. The molecule has 3 nitrogen and oxygen atoms in total. The lowest BCUT2D eigenvalue weighted by atomic mass is 9.75. The molecule has 1 aromatic carbocycles. The summed E-state index contributed by atoms with van der Waals surface area (Å²) in [7, 11) is 0. The number of halogens is 1. The fraction of sp³-hybridized carbons (Fsp3) is 0.588. The molecule has 1 N–H and O–H groups in total. The van der Waals surface area contributed by atoms with Crippen LogP contribution in [0.15, 0.2) is 28.7 Å². The zero-order valence-corrected chi connectivity index (χ0v) is 14.1. The molecule has 3 rings (SSSR count). The Morgan fingerprint density at radius 3 is 2.71 bits per heavy atom. The average molecular weight is 351 g/mol. The Hall–Kier alpha value is -0.870. The van der Waals surface area contributed by atoms with Crippen molar-refractivity contribution in [1.82, 2.24) is 10.2 Å². The van der Waals surface area contributed by atoms with E-state index in [-0.39, 0.29) is 11.9 Å². The molecule has 4 heteroatoms. The first-order valence-electron chi connectivity index (χ1n) is 7.94. The van der Waals surface area contributed by atoms with Gasteiger partial charge in [0, 0.05) is 23.6 Å². The SMILES string of the molecule is CC(NC1CC(c2cccc(Br)c2)C1)C(=O)N1CCCC1. The molecule has 1 saturated heterocycles. The summed E-state index contributed by atoms with van der Waals surface area (Å²) < 4.78 is 1.15. The molecular weight excluding hydrogens is 328 g/mol. The molecule has 1 aliphatic carbocycles. The number of amides is 1. The van der Waals surface area contributed by atoms with E-state index in [2.05, 4.69) is 45.5 Å². The molecule has 0 radical (unpaired) electrons. The summed E-state index contributed by atoms with van der Waals surface area (Å²) in [6.07, 6.45) is 4.59. The second-order valence-corrected chi connectivity index (χ2v) is 7.26. The quantitative estimate of drug-likeness (QED) is 0.903. The highest BCUT2D eigenvalue weighted by Crippen LogP contribution is 2.37. The van der Waals surface area contributed by atoms with Crippen molar-refractivity contribution < 1.29 is 4.79 Å². The minimum atomic E-state index is -0.0449. The minimum absolute atomic E-state index is 0.0449. The standard InChI is InChI=1S/C17H23BrN2O/c1-12(17(21)20-7-2-3-8-20)19-16-10-14(11-16)13-5-4-6-15(18)9-13/h4-6,9,12,14,16,19H,2-3,7-8,10-11H2,1H3. The number of carbonyl (C=O) groups is 1. The predicted octanol–water partition coefficient (Wildman–Crippen LogP) is 3.30. The molecule has 1 unspecified atom stereocenters. The first-order valence-corrected chi connectivity index (χ1v) is 8.73. The van der Waals surface area contributed by atoms with Gasteiger partial charge in [-0.1, -0.05) is 28.1 Å². The van der Waals surface area contributed by atoms with E-state index in [9.17, 15) is 4.79 Å². The van der Waals surface area contributed by atoms with Crippen molar-refractivity contribution in [3.05, 3.63) is 34.3 Å². The first-order chi connectivity index (χ1) is 10.1. The van der Waals surface area contributed by atoms with Gasteiger partial charge in [0.1, 0.15) is 0 Å². The van der Waals surface area contributed by atoms with Crippen LogP contribution in [0.4, 0.5) is 0 Å². The third-order valence-electron chi connectivity index (χ3n) is 4.73. The Balaban J connectivity index is 1.47. The molecule has 21 heavy (non-hydrogen) atoms. The van der Waals surface area contributed by atoms with Gasteiger partial charge < -0.3 is 10.2 Å². The number of likely N-dealkylation sites (tertiary alicyclic amines) is 1. The Bertz CT molecular complexity index is 507. The zero-order valence-electron chi connectivity index (χ0n) is 12.5. The smallest absolute Gasteiger partial charge is 0.239 e. The Kier molecular flexibility index (Phi) is 4.65. The maximum atomic E-state index is 12.3. The molecular formula is C17H23BrN2O. The van der Waals surface area contributed by atoms with Crippen molar-refractivity contribution in [2.75, 3.05) is 13.1 Å². The molecule has 0 bridgehead atoms. The summed E-state index contributed by atoms with van der Waals surface area (Å²) in [5, 5.41) is 3.50. The van der Waals surface area contributed by atoms with E-state index in [1.807, 2.05) is 11.8 Å². The molecule has 0 aromatic heterocycles. The van der Waals surface area contributed by atoms with Crippen LogP contribution in [0.2, 0.25) is 0 Å². The normalized spacial score (nSPS) is 26.5. The van der Waals surface area contributed by atoms with E-state index in [0.29, 0.717) is 12.0 Å². The molecule has 114 valence electrons. The number of nitrogens with one attached hydrogen (secondary N) is 1. The van der Waals surface area contributed by atoms with Gasteiger partial charge in [-0.25, -0.2) is 0 Å². The van der Waals surface area contributed by atoms with Crippen molar-refractivity contribution in [3.63, 3.8) is 0 Å². The molecule has 1 atom stereocenters. The highest BCUT2D eigenvalue weighted by Gasteiger charge is 2.33. The van der Waals surface area contributed by atoms with Gasteiger partial charge in [0.25, 0.3) is 0 Å². The molecule has 2 aliphatic rings.